The quantitative estimate of drug-likeness (QED) is 0.773. The number of carbonyl (C=O) groups excluding carboxylic acids is 1. The van der Waals surface area contributed by atoms with Gasteiger partial charge in [-0.25, -0.2) is 0 Å². The second-order valence-electron chi connectivity index (χ2n) is 3.89. The van der Waals surface area contributed by atoms with Crippen molar-refractivity contribution in [1.82, 2.24) is 9.88 Å². The van der Waals surface area contributed by atoms with Gasteiger partial charge >= 0.3 is 0 Å². The van der Waals surface area contributed by atoms with Gasteiger partial charge in [0.05, 0.1) is 0 Å². The molecule has 0 saturated carbocycles. The molecule has 2 aromatic rings. The summed E-state index contributed by atoms with van der Waals surface area (Å²) in [6.07, 6.45) is 4.85. The first-order valence-corrected chi connectivity index (χ1v) is 6.55. The topological polar surface area (TPSA) is 33.2 Å². The summed E-state index contributed by atoms with van der Waals surface area (Å²) in [6, 6.07) is 5.86. The van der Waals surface area contributed by atoms with Crippen molar-refractivity contribution >= 4 is 17.2 Å². The third-order valence-electron chi connectivity index (χ3n) is 2.54. The Kier molecular flexibility index (Phi) is 4.25. The van der Waals surface area contributed by atoms with Crippen molar-refractivity contribution in [3.8, 4) is 0 Å². The van der Waals surface area contributed by atoms with Gasteiger partial charge in [-0.15, -0.1) is 0 Å². The molecule has 0 aromatic carbocycles. The molecule has 2 aromatic heterocycles. The van der Waals surface area contributed by atoms with Crippen LogP contribution >= 0.6 is 11.3 Å². The van der Waals surface area contributed by atoms with Crippen LogP contribution in [0, 0.1) is 0 Å². The van der Waals surface area contributed by atoms with E-state index < -0.39 is 0 Å². The number of rotatable bonds is 5. The molecule has 0 aliphatic heterocycles. The lowest BCUT2D eigenvalue weighted by Gasteiger charge is -2.20. The molecule has 92 valence electrons. The Morgan fingerprint density at radius 3 is 2.83 bits per heavy atom. The number of thiophene rings is 1. The second kappa shape index (κ2) is 6.12. The summed E-state index contributed by atoms with van der Waals surface area (Å²) in [6.45, 7) is 4.70. The Hall–Kier alpha value is -1.94. The first-order chi connectivity index (χ1) is 8.79. The minimum absolute atomic E-state index is 0.0648. The highest BCUT2D eigenvalue weighted by molar-refractivity contribution is 7.07. The molecule has 0 aliphatic carbocycles. The van der Waals surface area contributed by atoms with Crippen LogP contribution in [0.1, 0.15) is 11.1 Å². The minimum Gasteiger partial charge on any atom is -0.330 e. The molecule has 0 unspecified atom stereocenters. The number of hydrogen-bond acceptors (Lipinski definition) is 3. The summed E-state index contributed by atoms with van der Waals surface area (Å²) in [4.78, 5) is 17.6. The van der Waals surface area contributed by atoms with Crippen LogP contribution in [-0.4, -0.2) is 15.8 Å². The van der Waals surface area contributed by atoms with E-state index in [1.165, 1.54) is 6.08 Å². The maximum Gasteiger partial charge on any atom is 0.246 e. The van der Waals surface area contributed by atoms with Gasteiger partial charge in [0.1, 0.15) is 0 Å². The third-order valence-corrected chi connectivity index (χ3v) is 3.27. The first kappa shape index (κ1) is 12.5. The van der Waals surface area contributed by atoms with Gasteiger partial charge in [-0.05, 0) is 40.1 Å². The fourth-order valence-electron chi connectivity index (χ4n) is 1.66. The number of amides is 1. The van der Waals surface area contributed by atoms with Crippen LogP contribution in [0.4, 0.5) is 0 Å². The summed E-state index contributed by atoms with van der Waals surface area (Å²) in [5, 5.41) is 4.06. The van der Waals surface area contributed by atoms with E-state index in [1.807, 2.05) is 29.0 Å². The molecule has 0 radical (unpaired) electrons. The Balaban J connectivity index is 2.10. The van der Waals surface area contributed by atoms with Crippen molar-refractivity contribution in [2.24, 2.45) is 0 Å². The molecule has 0 spiro atoms. The van der Waals surface area contributed by atoms with E-state index in [1.54, 1.807) is 28.6 Å². The van der Waals surface area contributed by atoms with Crippen molar-refractivity contribution in [2.45, 2.75) is 13.1 Å². The van der Waals surface area contributed by atoms with E-state index in [0.29, 0.717) is 13.1 Å². The molecule has 18 heavy (non-hydrogen) atoms. The van der Waals surface area contributed by atoms with Crippen LogP contribution < -0.4 is 0 Å². The van der Waals surface area contributed by atoms with Gasteiger partial charge in [0.2, 0.25) is 5.91 Å². The van der Waals surface area contributed by atoms with Crippen LogP contribution in [-0.2, 0) is 17.9 Å². The molecule has 0 saturated heterocycles. The molecule has 0 bridgehead atoms. The van der Waals surface area contributed by atoms with Gasteiger partial charge in [-0.1, -0.05) is 12.6 Å². The maximum absolute atomic E-state index is 11.8. The molecule has 0 N–H and O–H groups in total. The number of aromatic nitrogens is 1. The van der Waals surface area contributed by atoms with Crippen molar-refractivity contribution < 1.29 is 4.79 Å². The predicted molar refractivity (Wildman–Crippen MR) is 73.0 cm³/mol. The molecule has 3 nitrogen and oxygen atoms in total. The van der Waals surface area contributed by atoms with E-state index in [0.717, 1.165) is 11.1 Å². The zero-order valence-corrected chi connectivity index (χ0v) is 10.8. The average Bonchev–Trinajstić information content (AvgIpc) is 2.91. The van der Waals surface area contributed by atoms with E-state index in [2.05, 4.69) is 11.6 Å². The average molecular weight is 258 g/mol. The molecule has 4 heteroatoms. The monoisotopic (exact) mass is 258 g/mol. The Labute approximate surface area is 110 Å². The van der Waals surface area contributed by atoms with Crippen LogP contribution in [0.25, 0.3) is 0 Å². The SMILES string of the molecule is C=CC(=O)N(Cc1cccnc1)Cc1ccsc1. The largest absolute Gasteiger partial charge is 0.330 e. The van der Waals surface area contributed by atoms with Crippen molar-refractivity contribution in [1.29, 1.82) is 0 Å². The van der Waals surface area contributed by atoms with Crippen LogP contribution in [0.5, 0.6) is 0 Å². The standard InChI is InChI=1S/C14H14N2OS/c1-2-14(17)16(10-13-5-7-18-11-13)9-12-4-3-6-15-8-12/h2-8,11H,1,9-10H2. The fourth-order valence-corrected chi connectivity index (χ4v) is 2.32. The van der Waals surface area contributed by atoms with Crippen molar-refractivity contribution in [2.75, 3.05) is 0 Å². The Morgan fingerprint density at radius 1 is 1.39 bits per heavy atom. The Bertz CT molecular complexity index is 508. The van der Waals surface area contributed by atoms with Gasteiger partial charge in [-0.2, -0.15) is 11.3 Å². The van der Waals surface area contributed by atoms with Gasteiger partial charge in [-0.3, -0.25) is 9.78 Å². The fraction of sp³-hybridized carbons (Fsp3) is 0.143. The van der Waals surface area contributed by atoms with E-state index in [9.17, 15) is 4.79 Å². The minimum atomic E-state index is -0.0648. The lowest BCUT2D eigenvalue weighted by molar-refractivity contribution is -0.127. The molecule has 1 amide bonds. The maximum atomic E-state index is 11.8. The summed E-state index contributed by atoms with van der Waals surface area (Å²) < 4.78 is 0. The van der Waals surface area contributed by atoms with E-state index in [4.69, 9.17) is 0 Å². The molecule has 0 atom stereocenters. The highest BCUT2D eigenvalue weighted by atomic mass is 32.1. The third kappa shape index (κ3) is 3.28. The van der Waals surface area contributed by atoms with Gasteiger partial charge in [0, 0.05) is 25.5 Å². The lowest BCUT2D eigenvalue weighted by atomic mass is 10.2. The van der Waals surface area contributed by atoms with Crippen molar-refractivity contribution in [3.05, 3.63) is 65.1 Å². The van der Waals surface area contributed by atoms with Crippen molar-refractivity contribution in [3.63, 3.8) is 0 Å². The molecule has 0 fully saturated rings. The summed E-state index contributed by atoms with van der Waals surface area (Å²) >= 11 is 1.63. The molecular formula is C14H14N2OS. The molecular weight excluding hydrogens is 244 g/mol. The van der Waals surface area contributed by atoms with Gasteiger partial charge in [0.15, 0.2) is 0 Å². The van der Waals surface area contributed by atoms with Gasteiger partial charge in [0.25, 0.3) is 0 Å². The molecule has 2 heterocycles. The number of carbonyl (C=O) groups is 1. The van der Waals surface area contributed by atoms with Crippen LogP contribution in [0.3, 0.4) is 0 Å². The normalized spacial score (nSPS) is 10.0. The predicted octanol–water partition coefficient (Wildman–Crippen LogP) is 2.86. The summed E-state index contributed by atoms with van der Waals surface area (Å²) in [5.41, 5.74) is 2.15. The summed E-state index contributed by atoms with van der Waals surface area (Å²) in [7, 11) is 0. The zero-order valence-electron chi connectivity index (χ0n) is 9.95. The van der Waals surface area contributed by atoms with Gasteiger partial charge < -0.3 is 4.90 Å². The molecule has 2 rings (SSSR count). The summed E-state index contributed by atoms with van der Waals surface area (Å²) in [5.74, 6) is -0.0648. The number of hydrogen-bond donors (Lipinski definition) is 0. The highest BCUT2D eigenvalue weighted by Gasteiger charge is 2.11. The van der Waals surface area contributed by atoms with E-state index in [-0.39, 0.29) is 5.91 Å². The lowest BCUT2D eigenvalue weighted by Crippen LogP contribution is -2.28. The Morgan fingerprint density at radius 2 is 2.22 bits per heavy atom. The smallest absolute Gasteiger partial charge is 0.246 e. The molecule has 0 aliphatic rings. The zero-order chi connectivity index (χ0) is 12.8. The second-order valence-corrected chi connectivity index (χ2v) is 4.67. The number of pyridine rings is 1. The van der Waals surface area contributed by atoms with Crippen LogP contribution in [0.2, 0.25) is 0 Å². The van der Waals surface area contributed by atoms with Crippen LogP contribution in [0.15, 0.2) is 54.0 Å². The van der Waals surface area contributed by atoms with E-state index >= 15 is 0 Å². The number of nitrogens with zero attached hydrogens (tertiary/aromatic N) is 2. The highest BCUT2D eigenvalue weighted by Crippen LogP contribution is 2.12. The first-order valence-electron chi connectivity index (χ1n) is 5.61.